The quantitative estimate of drug-likeness (QED) is 0.886. The van der Waals surface area contributed by atoms with Gasteiger partial charge >= 0.3 is 0 Å². The van der Waals surface area contributed by atoms with Crippen LogP contribution in [0.15, 0.2) is 28.7 Å². The summed E-state index contributed by atoms with van der Waals surface area (Å²) in [6.45, 7) is 1.53. The van der Waals surface area contributed by atoms with Gasteiger partial charge in [0.25, 0.3) is 0 Å². The van der Waals surface area contributed by atoms with Crippen molar-refractivity contribution in [3.05, 3.63) is 35.8 Å². The molecule has 2 aromatic rings. The lowest BCUT2D eigenvalue weighted by atomic mass is 10.1. The van der Waals surface area contributed by atoms with Crippen LogP contribution < -0.4 is 5.73 Å². The first-order chi connectivity index (χ1) is 8.75. The van der Waals surface area contributed by atoms with E-state index in [1.807, 2.05) is 0 Å². The molecule has 1 aliphatic rings. The number of rotatable bonds is 2. The molecule has 0 aliphatic carbocycles. The lowest BCUT2D eigenvalue weighted by Crippen LogP contribution is -2.37. The maximum atomic E-state index is 13.5. The molecule has 5 heteroatoms. The van der Waals surface area contributed by atoms with Crippen molar-refractivity contribution >= 4 is 11.0 Å². The molecule has 1 aromatic carbocycles. The first-order valence-electron chi connectivity index (χ1n) is 5.88. The van der Waals surface area contributed by atoms with E-state index in [4.69, 9.17) is 19.6 Å². The van der Waals surface area contributed by atoms with E-state index in [0.717, 1.165) is 0 Å². The van der Waals surface area contributed by atoms with E-state index in [9.17, 15) is 4.39 Å². The topological polar surface area (TPSA) is 57.6 Å². The van der Waals surface area contributed by atoms with Crippen molar-refractivity contribution in [3.8, 4) is 0 Å². The molecule has 1 aromatic heterocycles. The van der Waals surface area contributed by atoms with Gasteiger partial charge in [0.05, 0.1) is 25.9 Å². The van der Waals surface area contributed by atoms with Gasteiger partial charge in [-0.3, -0.25) is 0 Å². The van der Waals surface area contributed by atoms with Crippen LogP contribution in [0.4, 0.5) is 4.39 Å². The molecule has 2 atom stereocenters. The molecule has 1 fully saturated rings. The molecule has 0 saturated carbocycles. The normalized spacial score (nSPS) is 22.2. The number of hydrogen-bond donors (Lipinski definition) is 1. The van der Waals surface area contributed by atoms with E-state index in [1.54, 1.807) is 18.2 Å². The van der Waals surface area contributed by atoms with Gasteiger partial charge in [-0.05, 0) is 12.1 Å². The smallest absolute Gasteiger partial charge is 0.169 e. The van der Waals surface area contributed by atoms with Crippen LogP contribution >= 0.6 is 0 Å². The van der Waals surface area contributed by atoms with E-state index in [2.05, 4.69) is 0 Å². The summed E-state index contributed by atoms with van der Waals surface area (Å²) in [5.41, 5.74) is 6.30. The molecule has 2 heterocycles. The molecule has 4 nitrogen and oxygen atoms in total. The van der Waals surface area contributed by atoms with Crippen molar-refractivity contribution in [1.82, 2.24) is 0 Å². The van der Waals surface area contributed by atoms with Crippen molar-refractivity contribution in [2.45, 2.75) is 12.1 Å². The summed E-state index contributed by atoms with van der Waals surface area (Å²) in [4.78, 5) is 0. The lowest BCUT2D eigenvalue weighted by molar-refractivity contribution is -0.0994. The van der Waals surface area contributed by atoms with Gasteiger partial charge in [0.15, 0.2) is 11.4 Å². The monoisotopic (exact) mass is 251 g/mol. The molecule has 0 bridgehead atoms. The highest BCUT2D eigenvalue weighted by Crippen LogP contribution is 2.27. The predicted octanol–water partition coefficient (Wildman–Crippen LogP) is 1.99. The maximum absolute atomic E-state index is 13.5. The SMILES string of the molecule is NC(c1cc2cccc(F)c2o1)C1COCCO1. The molecule has 1 saturated heterocycles. The molecule has 18 heavy (non-hydrogen) atoms. The molecular formula is C13H14FNO3. The third kappa shape index (κ3) is 2.01. The Morgan fingerprint density at radius 2 is 2.22 bits per heavy atom. The largest absolute Gasteiger partial charge is 0.456 e. The van der Waals surface area contributed by atoms with Crippen LogP contribution in [0, 0.1) is 5.82 Å². The Morgan fingerprint density at radius 3 is 2.94 bits per heavy atom. The average Bonchev–Trinajstić information content (AvgIpc) is 2.84. The third-order valence-corrected chi connectivity index (χ3v) is 3.09. The molecule has 2 unspecified atom stereocenters. The second-order valence-electron chi connectivity index (χ2n) is 4.32. The minimum atomic E-state index is -0.447. The van der Waals surface area contributed by atoms with Crippen molar-refractivity contribution in [1.29, 1.82) is 0 Å². The molecule has 0 radical (unpaired) electrons. The van der Waals surface area contributed by atoms with Gasteiger partial charge in [0, 0.05) is 5.39 Å². The van der Waals surface area contributed by atoms with E-state index in [0.29, 0.717) is 31.0 Å². The molecule has 1 aliphatic heterocycles. The lowest BCUT2D eigenvalue weighted by Gasteiger charge is -2.26. The number of benzene rings is 1. The van der Waals surface area contributed by atoms with Gasteiger partial charge in [-0.15, -0.1) is 0 Å². The Labute approximate surface area is 103 Å². The highest BCUT2D eigenvalue weighted by atomic mass is 19.1. The number of furan rings is 1. The highest BCUT2D eigenvalue weighted by Gasteiger charge is 2.26. The molecule has 0 spiro atoms. The first-order valence-corrected chi connectivity index (χ1v) is 5.88. The summed E-state index contributed by atoms with van der Waals surface area (Å²) >= 11 is 0. The maximum Gasteiger partial charge on any atom is 0.169 e. The number of halogens is 1. The standard InChI is InChI=1S/C13H14FNO3/c14-9-3-1-2-8-6-10(18-13(8)9)12(15)11-7-16-4-5-17-11/h1-3,6,11-12H,4-5,7,15H2. The van der Waals surface area contributed by atoms with E-state index in [1.165, 1.54) is 6.07 Å². The van der Waals surface area contributed by atoms with E-state index in [-0.39, 0.29) is 17.5 Å². The molecule has 0 amide bonds. The first kappa shape index (κ1) is 11.6. The van der Waals surface area contributed by atoms with Crippen molar-refractivity contribution < 1.29 is 18.3 Å². The Hall–Kier alpha value is -1.43. The van der Waals surface area contributed by atoms with E-state index >= 15 is 0 Å². The van der Waals surface area contributed by atoms with Crippen LogP contribution in [0.25, 0.3) is 11.0 Å². The Kier molecular flexibility index (Phi) is 3.03. The van der Waals surface area contributed by atoms with Gasteiger partial charge in [0.1, 0.15) is 11.9 Å². The highest BCUT2D eigenvalue weighted by molar-refractivity contribution is 5.78. The molecule has 96 valence electrons. The minimum Gasteiger partial charge on any atom is -0.456 e. The van der Waals surface area contributed by atoms with Crippen molar-refractivity contribution in [2.75, 3.05) is 19.8 Å². The van der Waals surface area contributed by atoms with Crippen LogP contribution in [-0.4, -0.2) is 25.9 Å². The summed E-state index contributed by atoms with van der Waals surface area (Å²) in [7, 11) is 0. The second kappa shape index (κ2) is 4.68. The number of para-hydroxylation sites is 1. The zero-order valence-corrected chi connectivity index (χ0v) is 9.77. The van der Waals surface area contributed by atoms with Crippen LogP contribution in [0.2, 0.25) is 0 Å². The van der Waals surface area contributed by atoms with Gasteiger partial charge in [0.2, 0.25) is 0 Å². The van der Waals surface area contributed by atoms with Gasteiger partial charge in [-0.2, -0.15) is 0 Å². The summed E-state index contributed by atoms with van der Waals surface area (Å²) in [5.74, 6) is 0.136. The van der Waals surface area contributed by atoms with Crippen molar-refractivity contribution in [3.63, 3.8) is 0 Å². The Balaban J connectivity index is 1.91. The van der Waals surface area contributed by atoms with Gasteiger partial charge < -0.3 is 19.6 Å². The van der Waals surface area contributed by atoms with Gasteiger partial charge in [-0.25, -0.2) is 4.39 Å². The zero-order valence-electron chi connectivity index (χ0n) is 9.77. The van der Waals surface area contributed by atoms with Gasteiger partial charge in [-0.1, -0.05) is 12.1 Å². The fraction of sp³-hybridized carbons (Fsp3) is 0.385. The minimum absolute atomic E-state index is 0.236. The average molecular weight is 251 g/mol. The molecule has 3 rings (SSSR count). The van der Waals surface area contributed by atoms with Crippen molar-refractivity contribution in [2.24, 2.45) is 5.73 Å². The molecular weight excluding hydrogens is 237 g/mol. The summed E-state index contributed by atoms with van der Waals surface area (Å²) in [6.07, 6.45) is -0.248. The molecule has 2 N–H and O–H groups in total. The predicted molar refractivity (Wildman–Crippen MR) is 63.7 cm³/mol. The second-order valence-corrected chi connectivity index (χ2v) is 4.32. The summed E-state index contributed by atoms with van der Waals surface area (Å²) in [5, 5.41) is 0.706. The van der Waals surface area contributed by atoms with Crippen LogP contribution in [-0.2, 0) is 9.47 Å². The van der Waals surface area contributed by atoms with E-state index < -0.39 is 6.04 Å². The van der Waals surface area contributed by atoms with Crippen LogP contribution in [0.3, 0.4) is 0 Å². The number of nitrogens with two attached hydrogens (primary N) is 1. The van der Waals surface area contributed by atoms with Crippen LogP contribution in [0.5, 0.6) is 0 Å². The fourth-order valence-electron chi connectivity index (χ4n) is 2.11. The third-order valence-electron chi connectivity index (χ3n) is 3.09. The number of ether oxygens (including phenoxy) is 2. The Bertz CT molecular complexity index is 548. The fourth-order valence-corrected chi connectivity index (χ4v) is 2.11. The summed E-state index contributed by atoms with van der Waals surface area (Å²) in [6, 6.07) is 6.10. The zero-order chi connectivity index (χ0) is 12.5. The number of hydrogen-bond acceptors (Lipinski definition) is 4. The number of fused-ring (bicyclic) bond motifs is 1. The van der Waals surface area contributed by atoms with Crippen LogP contribution in [0.1, 0.15) is 11.8 Å². The Morgan fingerprint density at radius 1 is 1.33 bits per heavy atom. The summed E-state index contributed by atoms with van der Waals surface area (Å²) < 4.78 is 29.8.